The summed E-state index contributed by atoms with van der Waals surface area (Å²) in [5.41, 5.74) is 2.16. The van der Waals surface area contributed by atoms with Gasteiger partial charge in [0.25, 0.3) is 0 Å². The zero-order valence-corrected chi connectivity index (χ0v) is 24.9. The zero-order chi connectivity index (χ0) is 24.6. The minimum absolute atomic E-state index is 0. The van der Waals surface area contributed by atoms with E-state index in [0.717, 1.165) is 30.8 Å². The molecule has 0 atom stereocenters. The smallest absolute Gasteiger partial charge is 0.155 e. The molecule has 4 aromatic heterocycles. The number of carbonyl (C=O) groups excluding carboxylic acids is 1. The number of hydrogen-bond acceptors (Lipinski definition) is 8. The monoisotopic (exact) mass is 725 g/mol. The van der Waals surface area contributed by atoms with Gasteiger partial charge < -0.3 is 5.11 Å². The topological polar surface area (TPSA) is 63.1 Å². The minimum Gasteiger partial charge on any atom is -0.512 e. The first kappa shape index (κ1) is 28.1. The van der Waals surface area contributed by atoms with Gasteiger partial charge in [0.15, 0.2) is 5.78 Å². The predicted octanol–water partition coefficient (Wildman–Crippen LogP) is 8.68. The molecule has 9 heteroatoms. The second-order valence-corrected chi connectivity index (χ2v) is 11.1. The summed E-state index contributed by atoms with van der Waals surface area (Å²) < 4.78 is 2.48. The number of ketones is 1. The molecule has 0 amide bonds. The summed E-state index contributed by atoms with van der Waals surface area (Å²) in [4.78, 5) is 21.4. The Kier molecular flexibility index (Phi) is 10.7. The number of thiophene rings is 2. The third-order valence-corrected chi connectivity index (χ3v) is 8.33. The Bertz CT molecular complexity index is 1380. The van der Waals surface area contributed by atoms with Gasteiger partial charge in [-0.15, -0.1) is 10.8 Å². The zero-order valence-electron chi connectivity index (χ0n) is 19.2. The number of fused-ring (bicyclic) bond motifs is 2. The number of thiazole rings is 2. The van der Waals surface area contributed by atoms with E-state index in [1.165, 1.54) is 29.3 Å². The predicted molar refractivity (Wildman–Crippen MR) is 151 cm³/mol. The number of hydrogen-bond donors (Lipinski definition) is 1. The molecular weight excluding hydrogens is 705 g/mol. The molecule has 1 N–H and O–H groups in total. The van der Waals surface area contributed by atoms with Gasteiger partial charge in [0.1, 0.15) is 0 Å². The molecule has 185 valence electrons. The van der Waals surface area contributed by atoms with Gasteiger partial charge in [-0.3, -0.25) is 14.8 Å². The van der Waals surface area contributed by atoms with Crippen molar-refractivity contribution in [1.82, 2.24) is 9.97 Å². The largest absolute Gasteiger partial charge is 0.512 e. The molecule has 6 rings (SSSR count). The number of benzene rings is 2. The Morgan fingerprint density at radius 2 is 1.25 bits per heavy atom. The van der Waals surface area contributed by atoms with Gasteiger partial charge in [0.2, 0.25) is 0 Å². The fourth-order valence-electron chi connectivity index (χ4n) is 2.95. The maximum Gasteiger partial charge on any atom is 0.155 e. The Morgan fingerprint density at radius 3 is 1.56 bits per heavy atom. The molecule has 4 nitrogen and oxygen atoms in total. The molecule has 0 aliphatic heterocycles. The minimum atomic E-state index is -0.125. The summed E-state index contributed by atoms with van der Waals surface area (Å²) >= 11 is 6.81. The summed E-state index contributed by atoms with van der Waals surface area (Å²) in [6, 6.07) is 26.7. The Morgan fingerprint density at radius 1 is 0.806 bits per heavy atom. The summed E-state index contributed by atoms with van der Waals surface area (Å²) in [5.74, 6) is -0.0625. The number of aliphatic hydroxyl groups is 1. The molecule has 0 saturated carbocycles. The van der Waals surface area contributed by atoms with E-state index in [1.54, 1.807) is 45.3 Å². The summed E-state index contributed by atoms with van der Waals surface area (Å²) in [6.07, 6.45) is 1.17. The molecule has 36 heavy (non-hydrogen) atoms. The molecule has 6 aromatic rings. The van der Waals surface area contributed by atoms with Crippen molar-refractivity contribution in [3.05, 3.63) is 95.4 Å². The third kappa shape index (κ3) is 7.74. The van der Waals surface area contributed by atoms with E-state index in [1.807, 2.05) is 59.3 Å². The average molecular weight is 725 g/mol. The van der Waals surface area contributed by atoms with E-state index in [2.05, 4.69) is 34.2 Å². The van der Waals surface area contributed by atoms with E-state index in [-0.39, 0.29) is 31.6 Å². The molecule has 2 aromatic carbocycles. The molecule has 0 saturated heterocycles. The van der Waals surface area contributed by atoms with Gasteiger partial charge in [-0.25, -0.2) is 22.7 Å². The number of aromatic nitrogens is 2. The van der Waals surface area contributed by atoms with Crippen LogP contribution >= 0.6 is 45.3 Å². The van der Waals surface area contributed by atoms with Crippen molar-refractivity contribution in [3.8, 4) is 19.8 Å². The molecule has 0 unspecified atom stereocenters. The van der Waals surface area contributed by atoms with E-state index in [9.17, 15) is 4.79 Å². The van der Waals surface area contributed by atoms with Crippen molar-refractivity contribution >= 4 is 71.6 Å². The summed E-state index contributed by atoms with van der Waals surface area (Å²) in [5, 5.41) is 14.6. The number of allylic oxidation sites excluding steroid dienone is 2. The molecule has 0 fully saturated rings. The number of carbonyl (C=O) groups is 1. The number of nitrogens with zero attached hydrogens (tertiary/aromatic N) is 2. The molecule has 0 aliphatic carbocycles. The van der Waals surface area contributed by atoms with Crippen molar-refractivity contribution in [2.24, 2.45) is 0 Å². The van der Waals surface area contributed by atoms with Crippen LogP contribution in [0.1, 0.15) is 13.8 Å². The Balaban J connectivity index is 0.000000158. The van der Waals surface area contributed by atoms with Gasteiger partial charge in [0, 0.05) is 45.6 Å². The second kappa shape index (κ2) is 13.7. The maximum atomic E-state index is 10.0. The van der Waals surface area contributed by atoms with Crippen molar-refractivity contribution in [2.75, 3.05) is 0 Å². The molecule has 0 aliphatic rings. The van der Waals surface area contributed by atoms with E-state index in [4.69, 9.17) is 5.11 Å². The van der Waals surface area contributed by atoms with Crippen LogP contribution in [0.2, 0.25) is 0 Å². The SMILES string of the molecule is CC(=O)/C=C(/C)O.[Ir].[c-]1ccsc1-c1nc2ccccc2s1.[c-]1ccsc1-c1nc2ccccc2s1. The van der Waals surface area contributed by atoms with Crippen LogP contribution in [0, 0.1) is 12.1 Å². The van der Waals surface area contributed by atoms with Crippen LogP contribution in [-0.2, 0) is 24.9 Å². The number of rotatable bonds is 3. The summed E-state index contributed by atoms with van der Waals surface area (Å²) in [6.45, 7) is 2.85. The maximum absolute atomic E-state index is 10.0. The standard InChI is InChI=1S/2C11H6NS2.C5H8O2.Ir/c2*1-2-5-9-8(4-1)12-11(14-9)10-6-3-7-13-10;1-4(6)3-5(2)7;/h2*1-5,7H;3,6H,1-2H3;/q2*-1;;/b;;4-3-;. The van der Waals surface area contributed by atoms with Gasteiger partial charge in [0.05, 0.1) is 16.8 Å². The van der Waals surface area contributed by atoms with Crippen LogP contribution in [0.4, 0.5) is 0 Å². The van der Waals surface area contributed by atoms with Crippen LogP contribution in [0.15, 0.2) is 83.3 Å². The van der Waals surface area contributed by atoms with Gasteiger partial charge in [-0.05, 0) is 38.1 Å². The Labute approximate surface area is 239 Å². The fourth-order valence-corrected chi connectivity index (χ4v) is 6.33. The first-order valence-corrected chi connectivity index (χ1v) is 13.9. The van der Waals surface area contributed by atoms with Crippen LogP contribution in [0.3, 0.4) is 0 Å². The van der Waals surface area contributed by atoms with Crippen LogP contribution < -0.4 is 0 Å². The molecule has 0 bridgehead atoms. The summed E-state index contributed by atoms with van der Waals surface area (Å²) in [7, 11) is 0. The van der Waals surface area contributed by atoms with E-state index >= 15 is 0 Å². The Hall–Kier alpha value is -2.52. The van der Waals surface area contributed by atoms with Gasteiger partial charge in [-0.2, -0.15) is 46.9 Å². The quantitative estimate of drug-likeness (QED) is 0.113. The number of para-hydroxylation sites is 2. The second-order valence-electron chi connectivity index (χ2n) is 7.16. The van der Waals surface area contributed by atoms with Crippen LogP contribution in [0.5, 0.6) is 0 Å². The van der Waals surface area contributed by atoms with Crippen LogP contribution in [-0.4, -0.2) is 20.9 Å². The van der Waals surface area contributed by atoms with Crippen molar-refractivity contribution in [1.29, 1.82) is 0 Å². The van der Waals surface area contributed by atoms with Crippen molar-refractivity contribution < 1.29 is 30.0 Å². The van der Waals surface area contributed by atoms with Crippen molar-refractivity contribution in [2.45, 2.75) is 13.8 Å². The molecule has 1 radical (unpaired) electrons. The first-order valence-electron chi connectivity index (χ1n) is 10.5. The van der Waals surface area contributed by atoms with Gasteiger partial charge in [-0.1, -0.05) is 34.0 Å². The fraction of sp³-hybridized carbons (Fsp3) is 0.0741. The molecule has 4 heterocycles. The van der Waals surface area contributed by atoms with Gasteiger partial charge >= 0.3 is 0 Å². The number of aliphatic hydroxyl groups excluding tert-OH is 1. The van der Waals surface area contributed by atoms with Crippen LogP contribution in [0.25, 0.3) is 40.2 Å². The van der Waals surface area contributed by atoms with E-state index < -0.39 is 0 Å². The molecule has 0 spiro atoms. The third-order valence-electron chi connectivity index (χ3n) is 4.33. The van der Waals surface area contributed by atoms with Crippen molar-refractivity contribution in [3.63, 3.8) is 0 Å². The normalized spacial score (nSPS) is 10.7. The first-order chi connectivity index (χ1) is 17.0. The average Bonchev–Trinajstić information content (AvgIpc) is 3.64. The molecular formula is C27H20IrN2O2S4-2. The van der Waals surface area contributed by atoms with E-state index in [0.29, 0.717) is 0 Å².